The SMILES string of the molecule is CCCCNC(=O)CN1Cc2ccccc2C1=O. The van der Waals surface area contributed by atoms with E-state index in [2.05, 4.69) is 12.2 Å². The molecule has 0 saturated heterocycles. The molecule has 0 unspecified atom stereocenters. The summed E-state index contributed by atoms with van der Waals surface area (Å²) in [7, 11) is 0. The van der Waals surface area contributed by atoms with Crippen molar-refractivity contribution in [3.63, 3.8) is 0 Å². The Balaban J connectivity index is 1.90. The number of carbonyl (C=O) groups is 2. The average molecular weight is 246 g/mol. The number of unbranched alkanes of at least 4 members (excludes halogenated alkanes) is 1. The van der Waals surface area contributed by atoms with Gasteiger partial charge in [-0.2, -0.15) is 0 Å². The van der Waals surface area contributed by atoms with Crippen LogP contribution < -0.4 is 5.32 Å². The van der Waals surface area contributed by atoms with Crippen molar-refractivity contribution in [1.29, 1.82) is 0 Å². The zero-order valence-corrected chi connectivity index (χ0v) is 10.6. The summed E-state index contributed by atoms with van der Waals surface area (Å²) in [6, 6.07) is 7.51. The predicted molar refractivity (Wildman–Crippen MR) is 69.1 cm³/mol. The first-order chi connectivity index (χ1) is 8.72. The van der Waals surface area contributed by atoms with Crippen LogP contribution in [0.4, 0.5) is 0 Å². The number of hydrogen-bond acceptors (Lipinski definition) is 2. The zero-order chi connectivity index (χ0) is 13.0. The quantitative estimate of drug-likeness (QED) is 0.801. The lowest BCUT2D eigenvalue weighted by molar-refractivity contribution is -0.121. The molecule has 1 heterocycles. The van der Waals surface area contributed by atoms with Gasteiger partial charge < -0.3 is 10.2 Å². The molecule has 1 aromatic rings. The van der Waals surface area contributed by atoms with Gasteiger partial charge in [0.1, 0.15) is 6.54 Å². The summed E-state index contributed by atoms with van der Waals surface area (Å²) >= 11 is 0. The maximum Gasteiger partial charge on any atom is 0.254 e. The highest BCUT2D eigenvalue weighted by Gasteiger charge is 2.27. The van der Waals surface area contributed by atoms with Gasteiger partial charge in [0.15, 0.2) is 0 Å². The first-order valence-corrected chi connectivity index (χ1v) is 6.36. The van der Waals surface area contributed by atoms with E-state index in [1.165, 1.54) is 0 Å². The molecule has 2 amide bonds. The Hall–Kier alpha value is -1.84. The highest BCUT2D eigenvalue weighted by molar-refractivity contribution is 6.00. The van der Waals surface area contributed by atoms with E-state index in [1.54, 1.807) is 4.90 Å². The second-order valence-electron chi connectivity index (χ2n) is 4.52. The molecule has 0 atom stereocenters. The first kappa shape index (κ1) is 12.6. The van der Waals surface area contributed by atoms with Crippen LogP contribution in [0.2, 0.25) is 0 Å². The molecule has 0 aliphatic carbocycles. The molecule has 0 radical (unpaired) electrons. The summed E-state index contributed by atoms with van der Waals surface area (Å²) < 4.78 is 0. The van der Waals surface area contributed by atoms with Crippen molar-refractivity contribution in [2.45, 2.75) is 26.3 Å². The normalized spacial score (nSPS) is 13.6. The predicted octanol–water partition coefficient (Wildman–Crippen LogP) is 1.56. The Labute approximate surface area is 107 Å². The van der Waals surface area contributed by atoms with Gasteiger partial charge >= 0.3 is 0 Å². The van der Waals surface area contributed by atoms with Gasteiger partial charge in [-0.1, -0.05) is 31.5 Å². The molecule has 18 heavy (non-hydrogen) atoms. The number of rotatable bonds is 5. The van der Waals surface area contributed by atoms with Gasteiger partial charge in [-0.15, -0.1) is 0 Å². The number of benzene rings is 1. The van der Waals surface area contributed by atoms with E-state index >= 15 is 0 Å². The molecular formula is C14H18N2O2. The van der Waals surface area contributed by atoms with Gasteiger partial charge in [0, 0.05) is 18.7 Å². The molecular weight excluding hydrogens is 228 g/mol. The van der Waals surface area contributed by atoms with Crippen LogP contribution in [0.25, 0.3) is 0 Å². The zero-order valence-electron chi connectivity index (χ0n) is 10.6. The summed E-state index contributed by atoms with van der Waals surface area (Å²) in [6.07, 6.45) is 2.02. The second kappa shape index (κ2) is 5.67. The van der Waals surface area contributed by atoms with E-state index < -0.39 is 0 Å². The molecule has 0 spiro atoms. The fourth-order valence-electron chi connectivity index (χ4n) is 2.08. The molecule has 1 aliphatic rings. The minimum Gasteiger partial charge on any atom is -0.355 e. The Morgan fingerprint density at radius 2 is 2.17 bits per heavy atom. The fraction of sp³-hybridized carbons (Fsp3) is 0.429. The van der Waals surface area contributed by atoms with E-state index in [4.69, 9.17) is 0 Å². The van der Waals surface area contributed by atoms with E-state index in [0.29, 0.717) is 13.1 Å². The van der Waals surface area contributed by atoms with Crippen molar-refractivity contribution in [3.05, 3.63) is 35.4 Å². The number of hydrogen-bond donors (Lipinski definition) is 1. The average Bonchev–Trinajstić information content (AvgIpc) is 2.67. The third-order valence-corrected chi connectivity index (χ3v) is 3.08. The van der Waals surface area contributed by atoms with Crippen molar-refractivity contribution in [3.8, 4) is 0 Å². The van der Waals surface area contributed by atoms with Crippen LogP contribution >= 0.6 is 0 Å². The molecule has 96 valence electrons. The van der Waals surface area contributed by atoms with Gasteiger partial charge in [-0.25, -0.2) is 0 Å². The van der Waals surface area contributed by atoms with Crippen molar-refractivity contribution in [2.75, 3.05) is 13.1 Å². The van der Waals surface area contributed by atoms with Crippen LogP contribution in [0.5, 0.6) is 0 Å². The molecule has 0 aromatic heterocycles. The van der Waals surface area contributed by atoms with Gasteiger partial charge in [0.2, 0.25) is 5.91 Å². The summed E-state index contributed by atoms with van der Waals surface area (Å²) in [6.45, 7) is 3.45. The van der Waals surface area contributed by atoms with Gasteiger partial charge in [0.25, 0.3) is 5.91 Å². The van der Waals surface area contributed by atoms with Crippen molar-refractivity contribution >= 4 is 11.8 Å². The standard InChI is InChI=1S/C14H18N2O2/c1-2-3-8-15-13(17)10-16-9-11-6-4-5-7-12(11)14(16)18/h4-7H,2-3,8-10H2,1H3,(H,15,17). The maximum atomic E-state index is 12.0. The lowest BCUT2D eigenvalue weighted by atomic mass is 10.1. The topological polar surface area (TPSA) is 49.4 Å². The highest BCUT2D eigenvalue weighted by Crippen LogP contribution is 2.21. The second-order valence-corrected chi connectivity index (χ2v) is 4.52. The third kappa shape index (κ3) is 2.70. The van der Waals surface area contributed by atoms with Crippen LogP contribution in [0.3, 0.4) is 0 Å². The highest BCUT2D eigenvalue weighted by atomic mass is 16.2. The van der Waals surface area contributed by atoms with E-state index in [1.807, 2.05) is 24.3 Å². The number of fused-ring (bicyclic) bond motifs is 1. The van der Waals surface area contributed by atoms with E-state index in [-0.39, 0.29) is 18.4 Å². The van der Waals surface area contributed by atoms with Crippen LogP contribution in [-0.2, 0) is 11.3 Å². The van der Waals surface area contributed by atoms with Crippen LogP contribution in [-0.4, -0.2) is 29.8 Å². The summed E-state index contributed by atoms with van der Waals surface area (Å²) in [5.41, 5.74) is 1.72. The number of amides is 2. The largest absolute Gasteiger partial charge is 0.355 e. The summed E-state index contributed by atoms with van der Waals surface area (Å²) in [5.74, 6) is -0.124. The molecule has 4 heteroatoms. The molecule has 1 N–H and O–H groups in total. The van der Waals surface area contributed by atoms with Crippen LogP contribution in [0.1, 0.15) is 35.7 Å². The minimum absolute atomic E-state index is 0.0451. The molecule has 0 bridgehead atoms. The fourth-order valence-corrected chi connectivity index (χ4v) is 2.08. The Morgan fingerprint density at radius 1 is 1.39 bits per heavy atom. The number of nitrogens with one attached hydrogen (secondary N) is 1. The number of nitrogens with zero attached hydrogens (tertiary/aromatic N) is 1. The molecule has 2 rings (SSSR count). The van der Waals surface area contributed by atoms with Gasteiger partial charge in [-0.05, 0) is 18.1 Å². The smallest absolute Gasteiger partial charge is 0.254 e. The molecule has 1 aromatic carbocycles. The first-order valence-electron chi connectivity index (χ1n) is 6.36. The van der Waals surface area contributed by atoms with Gasteiger partial charge in [0.05, 0.1) is 0 Å². The summed E-state index contributed by atoms with van der Waals surface area (Å²) in [5, 5.41) is 2.82. The minimum atomic E-state index is -0.0791. The lowest BCUT2D eigenvalue weighted by Gasteiger charge is -2.15. The summed E-state index contributed by atoms with van der Waals surface area (Å²) in [4.78, 5) is 25.3. The van der Waals surface area contributed by atoms with Crippen LogP contribution in [0.15, 0.2) is 24.3 Å². The van der Waals surface area contributed by atoms with Crippen LogP contribution in [0, 0.1) is 0 Å². The molecule has 0 fully saturated rings. The Bertz CT molecular complexity index is 457. The lowest BCUT2D eigenvalue weighted by Crippen LogP contribution is -2.37. The number of carbonyl (C=O) groups excluding carboxylic acids is 2. The molecule has 4 nitrogen and oxygen atoms in total. The van der Waals surface area contributed by atoms with Crippen molar-refractivity contribution < 1.29 is 9.59 Å². The monoisotopic (exact) mass is 246 g/mol. The molecule has 0 saturated carbocycles. The molecule has 1 aliphatic heterocycles. The van der Waals surface area contributed by atoms with Crippen molar-refractivity contribution in [1.82, 2.24) is 10.2 Å². The third-order valence-electron chi connectivity index (χ3n) is 3.08. The Morgan fingerprint density at radius 3 is 2.89 bits per heavy atom. The maximum absolute atomic E-state index is 12.0. The van der Waals surface area contributed by atoms with Gasteiger partial charge in [-0.3, -0.25) is 9.59 Å². The van der Waals surface area contributed by atoms with Crippen molar-refractivity contribution in [2.24, 2.45) is 0 Å². The Kier molecular flexibility index (Phi) is 3.97. The van der Waals surface area contributed by atoms with E-state index in [9.17, 15) is 9.59 Å². The van der Waals surface area contributed by atoms with E-state index in [0.717, 1.165) is 24.0 Å².